The molecule has 1 N–H and O–H groups in total. The highest BCUT2D eigenvalue weighted by Crippen LogP contribution is 2.38. The number of carbonyl (C=O) groups excluding carboxylic acids is 2. The first-order chi connectivity index (χ1) is 11.5. The first-order valence-electron chi connectivity index (χ1n) is 7.18. The molecule has 0 saturated heterocycles. The Kier molecular flexibility index (Phi) is 4.44. The Bertz CT molecular complexity index is 822. The van der Waals surface area contributed by atoms with Gasteiger partial charge in [0.25, 0.3) is 11.8 Å². The van der Waals surface area contributed by atoms with E-state index in [-0.39, 0.29) is 18.4 Å². The number of para-hydroxylation sites is 1. The minimum absolute atomic E-state index is 0.0589. The first kappa shape index (κ1) is 16.3. The molecule has 0 spiro atoms. The minimum atomic E-state index is -0.329. The molecular weight excluding hydrogens is 376 g/mol. The van der Waals surface area contributed by atoms with Gasteiger partial charge in [0, 0.05) is 11.5 Å². The zero-order valence-corrected chi connectivity index (χ0v) is 14.7. The molecule has 0 fully saturated rings. The third-order valence-electron chi connectivity index (χ3n) is 3.72. The SMILES string of the molecule is COc1ccc(Br)cc1C(=O)Nc1cccc2c1OCC(=O)N2C. The van der Waals surface area contributed by atoms with Gasteiger partial charge in [-0.15, -0.1) is 0 Å². The van der Waals surface area contributed by atoms with Crippen LogP contribution >= 0.6 is 15.9 Å². The topological polar surface area (TPSA) is 67.9 Å². The van der Waals surface area contributed by atoms with Gasteiger partial charge >= 0.3 is 0 Å². The first-order valence-corrected chi connectivity index (χ1v) is 7.98. The van der Waals surface area contributed by atoms with Gasteiger partial charge in [0.05, 0.1) is 24.0 Å². The van der Waals surface area contributed by atoms with Crippen LogP contribution in [0, 0.1) is 0 Å². The van der Waals surface area contributed by atoms with Crippen molar-refractivity contribution in [3.8, 4) is 11.5 Å². The van der Waals surface area contributed by atoms with E-state index in [1.807, 2.05) is 0 Å². The third kappa shape index (κ3) is 2.94. The maximum Gasteiger partial charge on any atom is 0.264 e. The fourth-order valence-electron chi connectivity index (χ4n) is 2.45. The average molecular weight is 391 g/mol. The van der Waals surface area contributed by atoms with E-state index in [0.29, 0.717) is 28.4 Å². The summed E-state index contributed by atoms with van der Waals surface area (Å²) in [6.45, 7) is -0.0589. The van der Waals surface area contributed by atoms with Gasteiger partial charge in [-0.05, 0) is 30.3 Å². The third-order valence-corrected chi connectivity index (χ3v) is 4.22. The number of fused-ring (bicyclic) bond motifs is 1. The number of benzene rings is 2. The average Bonchev–Trinajstić information content (AvgIpc) is 2.58. The van der Waals surface area contributed by atoms with E-state index in [9.17, 15) is 9.59 Å². The predicted octanol–water partition coefficient (Wildman–Crippen LogP) is 3.07. The number of amides is 2. The number of hydrogen-bond donors (Lipinski definition) is 1. The maximum atomic E-state index is 12.6. The smallest absolute Gasteiger partial charge is 0.264 e. The standard InChI is InChI=1S/C17H15BrN2O4/c1-20-13-5-3-4-12(16(13)24-9-15(20)21)19-17(22)11-8-10(18)6-7-14(11)23-2/h3-8H,9H2,1-2H3,(H,19,22). The van der Waals surface area contributed by atoms with Crippen molar-refractivity contribution in [3.63, 3.8) is 0 Å². The molecule has 24 heavy (non-hydrogen) atoms. The van der Waals surface area contributed by atoms with Crippen molar-refractivity contribution in [2.75, 3.05) is 31.0 Å². The Morgan fingerprint density at radius 1 is 1.33 bits per heavy atom. The van der Waals surface area contributed by atoms with E-state index in [0.717, 1.165) is 4.47 Å². The second-order valence-corrected chi connectivity index (χ2v) is 6.11. The summed E-state index contributed by atoms with van der Waals surface area (Å²) >= 11 is 3.35. The van der Waals surface area contributed by atoms with Gasteiger partial charge in [-0.1, -0.05) is 22.0 Å². The van der Waals surface area contributed by atoms with Crippen LogP contribution in [-0.2, 0) is 4.79 Å². The molecule has 1 aliphatic rings. The van der Waals surface area contributed by atoms with Crippen LogP contribution < -0.4 is 19.7 Å². The fourth-order valence-corrected chi connectivity index (χ4v) is 2.81. The van der Waals surface area contributed by atoms with Crippen LogP contribution in [0.1, 0.15) is 10.4 Å². The molecule has 1 heterocycles. The number of nitrogens with zero attached hydrogens (tertiary/aromatic N) is 1. The van der Waals surface area contributed by atoms with Crippen LogP contribution in [0.2, 0.25) is 0 Å². The Hall–Kier alpha value is -2.54. The van der Waals surface area contributed by atoms with Crippen molar-refractivity contribution in [1.82, 2.24) is 0 Å². The Morgan fingerprint density at radius 3 is 2.88 bits per heavy atom. The van der Waals surface area contributed by atoms with E-state index < -0.39 is 0 Å². The molecule has 2 amide bonds. The molecule has 124 valence electrons. The van der Waals surface area contributed by atoms with Crippen LogP contribution in [0.4, 0.5) is 11.4 Å². The molecule has 6 nitrogen and oxygen atoms in total. The summed E-state index contributed by atoms with van der Waals surface area (Å²) in [6, 6.07) is 10.4. The number of ether oxygens (including phenoxy) is 2. The van der Waals surface area contributed by atoms with Gasteiger partial charge in [-0.25, -0.2) is 0 Å². The summed E-state index contributed by atoms with van der Waals surface area (Å²) < 4.78 is 11.5. The van der Waals surface area contributed by atoms with Crippen LogP contribution in [0.3, 0.4) is 0 Å². The Labute approximate surface area is 147 Å². The molecule has 7 heteroatoms. The van der Waals surface area contributed by atoms with Crippen molar-refractivity contribution < 1.29 is 19.1 Å². The van der Waals surface area contributed by atoms with Crippen molar-refractivity contribution in [2.24, 2.45) is 0 Å². The number of likely N-dealkylation sites (N-methyl/N-ethyl adjacent to an activating group) is 1. The summed E-state index contributed by atoms with van der Waals surface area (Å²) in [5, 5.41) is 2.82. The van der Waals surface area contributed by atoms with Gasteiger partial charge in [0.1, 0.15) is 5.75 Å². The fraction of sp³-hybridized carbons (Fsp3) is 0.176. The summed E-state index contributed by atoms with van der Waals surface area (Å²) in [7, 11) is 3.18. The quantitative estimate of drug-likeness (QED) is 0.874. The molecule has 0 bridgehead atoms. The van der Waals surface area contributed by atoms with Crippen LogP contribution in [0.5, 0.6) is 11.5 Å². The second-order valence-electron chi connectivity index (χ2n) is 5.19. The number of rotatable bonds is 3. The lowest BCUT2D eigenvalue weighted by molar-refractivity contribution is -0.120. The van der Waals surface area contributed by atoms with Crippen LogP contribution in [0.15, 0.2) is 40.9 Å². The monoisotopic (exact) mass is 390 g/mol. The lowest BCUT2D eigenvalue weighted by atomic mass is 10.1. The van der Waals surface area contributed by atoms with Crippen molar-refractivity contribution in [2.45, 2.75) is 0 Å². The zero-order valence-electron chi connectivity index (χ0n) is 13.1. The summed E-state index contributed by atoms with van der Waals surface area (Å²) in [5.74, 6) is 0.472. The molecule has 3 rings (SSSR count). The molecule has 0 radical (unpaired) electrons. The number of nitrogens with one attached hydrogen (secondary N) is 1. The van der Waals surface area contributed by atoms with Gasteiger partial charge in [-0.2, -0.15) is 0 Å². The molecule has 0 aromatic heterocycles. The van der Waals surface area contributed by atoms with E-state index in [4.69, 9.17) is 9.47 Å². The zero-order chi connectivity index (χ0) is 17.3. The summed E-state index contributed by atoms with van der Waals surface area (Å²) in [5.41, 5.74) is 1.51. The summed E-state index contributed by atoms with van der Waals surface area (Å²) in [4.78, 5) is 25.9. The Balaban J connectivity index is 1.94. The number of halogens is 1. The number of methoxy groups -OCH3 is 1. The highest BCUT2D eigenvalue weighted by atomic mass is 79.9. The molecule has 1 aliphatic heterocycles. The number of anilines is 2. The van der Waals surface area contributed by atoms with E-state index in [1.54, 1.807) is 43.4 Å². The van der Waals surface area contributed by atoms with Gasteiger partial charge in [0.2, 0.25) is 0 Å². The number of carbonyl (C=O) groups is 2. The highest BCUT2D eigenvalue weighted by molar-refractivity contribution is 9.10. The molecule has 0 aliphatic carbocycles. The predicted molar refractivity (Wildman–Crippen MR) is 94.0 cm³/mol. The lowest BCUT2D eigenvalue weighted by Gasteiger charge is -2.27. The van der Waals surface area contributed by atoms with Crippen LogP contribution in [-0.4, -0.2) is 32.6 Å². The Morgan fingerprint density at radius 2 is 2.12 bits per heavy atom. The molecule has 0 atom stereocenters. The summed E-state index contributed by atoms with van der Waals surface area (Å²) in [6.07, 6.45) is 0. The van der Waals surface area contributed by atoms with Gasteiger partial charge < -0.3 is 19.7 Å². The van der Waals surface area contributed by atoms with Gasteiger partial charge in [0.15, 0.2) is 12.4 Å². The van der Waals surface area contributed by atoms with E-state index >= 15 is 0 Å². The normalized spacial score (nSPS) is 13.1. The van der Waals surface area contributed by atoms with Crippen molar-refractivity contribution >= 4 is 39.1 Å². The van der Waals surface area contributed by atoms with Crippen LogP contribution in [0.25, 0.3) is 0 Å². The number of hydrogen-bond acceptors (Lipinski definition) is 4. The van der Waals surface area contributed by atoms with Crippen molar-refractivity contribution in [3.05, 3.63) is 46.4 Å². The van der Waals surface area contributed by atoms with E-state index in [1.165, 1.54) is 12.0 Å². The largest absolute Gasteiger partial charge is 0.496 e. The molecule has 0 saturated carbocycles. The minimum Gasteiger partial charge on any atom is -0.496 e. The van der Waals surface area contributed by atoms with Crippen molar-refractivity contribution in [1.29, 1.82) is 0 Å². The second kappa shape index (κ2) is 6.52. The molecule has 2 aromatic carbocycles. The maximum absolute atomic E-state index is 12.6. The molecule has 2 aromatic rings. The lowest BCUT2D eigenvalue weighted by Crippen LogP contribution is -2.35. The highest BCUT2D eigenvalue weighted by Gasteiger charge is 2.25. The molecular formula is C17H15BrN2O4. The van der Waals surface area contributed by atoms with Gasteiger partial charge in [-0.3, -0.25) is 9.59 Å². The van der Waals surface area contributed by atoms with E-state index in [2.05, 4.69) is 21.2 Å². The molecule has 0 unspecified atom stereocenters.